The molecule has 1 rings (SSSR count). The largest absolute Gasteiger partial charge is 0.460 e. The molecule has 0 aliphatic heterocycles. The lowest BCUT2D eigenvalue weighted by Gasteiger charge is -2.19. The lowest BCUT2D eigenvalue weighted by atomic mass is 10.1. The highest BCUT2D eigenvalue weighted by atomic mass is 16.6. The van der Waals surface area contributed by atoms with E-state index >= 15 is 0 Å². The molecule has 0 bridgehead atoms. The second-order valence-electron chi connectivity index (χ2n) is 5.88. The number of carbonyl (C=O) groups excluding carboxylic acids is 2. The number of nitrogens with one attached hydrogen (secondary N) is 1. The fraction of sp³-hybridized carbons (Fsp3) is 0.500. The molecule has 0 unspecified atom stereocenters. The van der Waals surface area contributed by atoms with E-state index in [1.165, 1.54) is 0 Å². The summed E-state index contributed by atoms with van der Waals surface area (Å²) in [6.07, 6.45) is 0.219. The van der Waals surface area contributed by atoms with Gasteiger partial charge < -0.3 is 10.1 Å². The van der Waals surface area contributed by atoms with Gasteiger partial charge in [0.1, 0.15) is 5.60 Å². The fourth-order valence-corrected chi connectivity index (χ4v) is 1.71. The Morgan fingerprint density at radius 3 is 2.40 bits per heavy atom. The number of carbonyl (C=O) groups is 2. The molecule has 0 heterocycles. The summed E-state index contributed by atoms with van der Waals surface area (Å²) in [6, 6.07) is 5.74. The van der Waals surface area contributed by atoms with Gasteiger partial charge in [0, 0.05) is 12.1 Å². The van der Waals surface area contributed by atoms with Crippen LogP contribution in [-0.2, 0) is 14.3 Å². The minimum atomic E-state index is -0.513. The van der Waals surface area contributed by atoms with E-state index in [9.17, 15) is 9.59 Å². The van der Waals surface area contributed by atoms with Crippen molar-refractivity contribution in [2.24, 2.45) is 0 Å². The summed E-state index contributed by atoms with van der Waals surface area (Å²) in [5.41, 5.74) is 2.44. The van der Waals surface area contributed by atoms with Crippen LogP contribution in [0.15, 0.2) is 18.2 Å². The number of hydrogen-bond donors (Lipinski definition) is 1. The van der Waals surface area contributed by atoms with Crippen LogP contribution in [0.4, 0.5) is 5.69 Å². The van der Waals surface area contributed by atoms with Gasteiger partial charge in [0.25, 0.3) is 0 Å². The molecule has 4 nitrogen and oxygen atoms in total. The normalized spacial score (nSPS) is 11.1. The monoisotopic (exact) mass is 277 g/mol. The highest BCUT2D eigenvalue weighted by Gasteiger charge is 2.17. The van der Waals surface area contributed by atoms with Crippen molar-refractivity contribution in [1.29, 1.82) is 0 Å². The number of hydrogen-bond acceptors (Lipinski definition) is 3. The van der Waals surface area contributed by atoms with Crippen molar-refractivity contribution in [2.75, 3.05) is 5.32 Å². The van der Waals surface area contributed by atoms with Crippen LogP contribution in [-0.4, -0.2) is 17.5 Å². The van der Waals surface area contributed by atoms with E-state index in [2.05, 4.69) is 5.32 Å². The van der Waals surface area contributed by atoms with Crippen LogP contribution in [0.5, 0.6) is 0 Å². The molecule has 4 heteroatoms. The zero-order valence-corrected chi connectivity index (χ0v) is 12.9. The molecule has 0 saturated carbocycles. The third-order valence-electron chi connectivity index (χ3n) is 2.85. The summed E-state index contributed by atoms with van der Waals surface area (Å²) in [5, 5.41) is 2.82. The zero-order valence-electron chi connectivity index (χ0n) is 12.9. The van der Waals surface area contributed by atoms with Gasteiger partial charge in [0.05, 0.1) is 6.42 Å². The van der Waals surface area contributed by atoms with E-state index in [0.717, 1.165) is 16.8 Å². The number of anilines is 1. The second-order valence-corrected chi connectivity index (χ2v) is 5.88. The van der Waals surface area contributed by atoms with E-state index in [-0.39, 0.29) is 24.7 Å². The zero-order chi connectivity index (χ0) is 15.3. The maximum absolute atomic E-state index is 11.8. The van der Waals surface area contributed by atoms with Gasteiger partial charge in [-0.05, 0) is 51.8 Å². The van der Waals surface area contributed by atoms with Gasteiger partial charge in [-0.25, -0.2) is 0 Å². The Morgan fingerprint density at radius 2 is 1.80 bits per heavy atom. The molecular weight excluding hydrogens is 254 g/mol. The minimum Gasteiger partial charge on any atom is -0.460 e. The first-order chi connectivity index (χ1) is 9.19. The van der Waals surface area contributed by atoms with Crippen LogP contribution in [0.2, 0.25) is 0 Å². The van der Waals surface area contributed by atoms with Crippen molar-refractivity contribution in [3.05, 3.63) is 29.3 Å². The molecule has 0 fully saturated rings. The average molecular weight is 277 g/mol. The molecule has 0 saturated heterocycles. The van der Waals surface area contributed by atoms with Crippen molar-refractivity contribution >= 4 is 17.6 Å². The number of amides is 1. The number of esters is 1. The predicted molar refractivity (Wildman–Crippen MR) is 79.6 cm³/mol. The molecule has 1 amide bonds. The standard InChI is InChI=1S/C16H23NO3/c1-11-7-6-8-13(12(11)2)17-14(18)9-10-15(19)20-16(3,4)5/h6-8H,9-10H2,1-5H3,(H,17,18). The molecular formula is C16H23NO3. The van der Waals surface area contributed by atoms with Crippen LogP contribution < -0.4 is 5.32 Å². The Hall–Kier alpha value is -1.84. The summed E-state index contributed by atoms with van der Waals surface area (Å²) in [4.78, 5) is 23.4. The van der Waals surface area contributed by atoms with Crippen LogP contribution in [0.1, 0.15) is 44.7 Å². The summed E-state index contributed by atoms with van der Waals surface area (Å²) in [7, 11) is 0. The smallest absolute Gasteiger partial charge is 0.306 e. The van der Waals surface area contributed by atoms with Crippen LogP contribution in [0.25, 0.3) is 0 Å². The van der Waals surface area contributed by atoms with Gasteiger partial charge in [-0.2, -0.15) is 0 Å². The lowest BCUT2D eigenvalue weighted by Crippen LogP contribution is -2.24. The van der Waals surface area contributed by atoms with E-state index < -0.39 is 5.60 Å². The third-order valence-corrected chi connectivity index (χ3v) is 2.85. The lowest BCUT2D eigenvalue weighted by molar-refractivity contribution is -0.155. The van der Waals surface area contributed by atoms with Crippen molar-refractivity contribution in [1.82, 2.24) is 0 Å². The average Bonchev–Trinajstić information content (AvgIpc) is 2.30. The van der Waals surface area contributed by atoms with E-state index in [4.69, 9.17) is 4.74 Å². The Bertz CT molecular complexity index is 501. The first-order valence-electron chi connectivity index (χ1n) is 6.77. The Kier molecular flexibility index (Phi) is 5.31. The van der Waals surface area contributed by atoms with Crippen LogP contribution >= 0.6 is 0 Å². The van der Waals surface area contributed by atoms with Crippen LogP contribution in [0.3, 0.4) is 0 Å². The molecule has 0 spiro atoms. The number of rotatable bonds is 4. The SMILES string of the molecule is Cc1cccc(NC(=O)CCC(=O)OC(C)(C)C)c1C. The Labute approximate surface area is 120 Å². The Balaban J connectivity index is 2.49. The molecule has 0 aliphatic carbocycles. The molecule has 0 radical (unpaired) electrons. The predicted octanol–water partition coefficient (Wildman–Crippen LogP) is 3.36. The second kappa shape index (κ2) is 6.55. The van der Waals surface area contributed by atoms with Gasteiger partial charge in [-0.3, -0.25) is 9.59 Å². The topological polar surface area (TPSA) is 55.4 Å². The summed E-state index contributed by atoms with van der Waals surface area (Å²) < 4.78 is 5.16. The van der Waals surface area contributed by atoms with E-state index in [1.807, 2.05) is 32.0 Å². The molecule has 0 aliphatic rings. The molecule has 110 valence electrons. The van der Waals surface area contributed by atoms with Gasteiger partial charge in [-0.1, -0.05) is 12.1 Å². The van der Waals surface area contributed by atoms with Gasteiger partial charge in [0.2, 0.25) is 5.91 Å². The quantitative estimate of drug-likeness (QED) is 0.858. The minimum absolute atomic E-state index is 0.0912. The molecule has 1 aromatic carbocycles. The fourth-order valence-electron chi connectivity index (χ4n) is 1.71. The van der Waals surface area contributed by atoms with Crippen LogP contribution in [0, 0.1) is 13.8 Å². The molecule has 0 aromatic heterocycles. The summed E-state index contributed by atoms with van der Waals surface area (Å²) in [6.45, 7) is 9.37. The summed E-state index contributed by atoms with van der Waals surface area (Å²) >= 11 is 0. The van der Waals surface area contributed by atoms with Crippen molar-refractivity contribution in [2.45, 2.75) is 53.1 Å². The third kappa shape index (κ3) is 5.43. The first kappa shape index (κ1) is 16.2. The van der Waals surface area contributed by atoms with Gasteiger partial charge >= 0.3 is 5.97 Å². The van der Waals surface area contributed by atoms with E-state index in [1.54, 1.807) is 20.8 Å². The molecule has 1 aromatic rings. The molecule has 20 heavy (non-hydrogen) atoms. The number of aryl methyl sites for hydroxylation is 1. The first-order valence-corrected chi connectivity index (χ1v) is 6.77. The maximum Gasteiger partial charge on any atom is 0.306 e. The summed E-state index contributed by atoms with van der Waals surface area (Å²) in [5.74, 6) is -0.529. The van der Waals surface area contributed by atoms with Crippen molar-refractivity contribution < 1.29 is 14.3 Å². The maximum atomic E-state index is 11.8. The highest BCUT2D eigenvalue weighted by Crippen LogP contribution is 2.18. The van der Waals surface area contributed by atoms with Gasteiger partial charge in [-0.15, -0.1) is 0 Å². The Morgan fingerprint density at radius 1 is 1.15 bits per heavy atom. The van der Waals surface area contributed by atoms with Gasteiger partial charge in [0.15, 0.2) is 0 Å². The highest BCUT2D eigenvalue weighted by molar-refractivity contribution is 5.93. The van der Waals surface area contributed by atoms with Crippen molar-refractivity contribution in [3.8, 4) is 0 Å². The molecule has 0 atom stereocenters. The molecule has 1 N–H and O–H groups in total. The van der Waals surface area contributed by atoms with E-state index in [0.29, 0.717) is 0 Å². The number of ether oxygens (including phenoxy) is 1. The van der Waals surface area contributed by atoms with Crippen molar-refractivity contribution in [3.63, 3.8) is 0 Å². The number of benzene rings is 1.